The van der Waals surface area contributed by atoms with Crippen LogP contribution in [0.3, 0.4) is 0 Å². The van der Waals surface area contributed by atoms with Crippen molar-refractivity contribution in [3.63, 3.8) is 0 Å². The minimum atomic E-state index is -0.531. The summed E-state index contributed by atoms with van der Waals surface area (Å²) in [6.07, 6.45) is -0.531. The Morgan fingerprint density at radius 3 is 2.50 bits per heavy atom. The maximum atomic E-state index is 11.8. The third kappa shape index (κ3) is 5.54. The molecular formula is C18H21NO2S. The van der Waals surface area contributed by atoms with Gasteiger partial charge in [-0.2, -0.15) is 0 Å². The first-order valence-corrected chi connectivity index (χ1v) is 8.43. The molecule has 2 N–H and O–H groups in total. The number of hydrogen-bond donors (Lipinski definition) is 2. The van der Waals surface area contributed by atoms with Gasteiger partial charge in [-0.05, 0) is 18.1 Å². The average Bonchev–Trinajstić information content (AvgIpc) is 2.55. The highest BCUT2D eigenvalue weighted by atomic mass is 32.2. The molecule has 0 bridgehead atoms. The van der Waals surface area contributed by atoms with E-state index in [4.69, 9.17) is 0 Å². The molecule has 0 radical (unpaired) electrons. The van der Waals surface area contributed by atoms with Crippen molar-refractivity contribution in [1.29, 1.82) is 0 Å². The van der Waals surface area contributed by atoms with Gasteiger partial charge in [-0.15, -0.1) is 11.8 Å². The van der Waals surface area contributed by atoms with Crippen molar-refractivity contribution in [1.82, 2.24) is 5.32 Å². The molecule has 0 aliphatic rings. The van der Waals surface area contributed by atoms with E-state index in [0.717, 1.165) is 11.1 Å². The van der Waals surface area contributed by atoms with Gasteiger partial charge in [0, 0.05) is 12.3 Å². The first-order chi connectivity index (χ1) is 10.6. The molecule has 3 nitrogen and oxygen atoms in total. The topological polar surface area (TPSA) is 49.3 Å². The van der Waals surface area contributed by atoms with E-state index in [0.29, 0.717) is 18.1 Å². The van der Waals surface area contributed by atoms with E-state index in [2.05, 4.69) is 5.32 Å². The smallest absolute Gasteiger partial charge is 0.230 e. The number of carbonyl (C=O) groups is 1. The SMILES string of the molecule is Cc1ccc(CNC(=O)CSCC(O)c2ccccc2)cc1. The third-order valence-corrected chi connectivity index (χ3v) is 4.32. The van der Waals surface area contributed by atoms with Crippen LogP contribution >= 0.6 is 11.8 Å². The molecule has 2 aromatic carbocycles. The van der Waals surface area contributed by atoms with Crippen LogP contribution in [0.25, 0.3) is 0 Å². The van der Waals surface area contributed by atoms with Gasteiger partial charge in [-0.25, -0.2) is 0 Å². The standard InChI is InChI=1S/C18H21NO2S/c1-14-7-9-15(10-8-14)11-19-18(21)13-22-12-17(20)16-5-3-2-4-6-16/h2-10,17,20H,11-13H2,1H3,(H,19,21). The Morgan fingerprint density at radius 1 is 1.14 bits per heavy atom. The largest absolute Gasteiger partial charge is 0.388 e. The second-order valence-corrected chi connectivity index (χ2v) is 6.23. The summed E-state index contributed by atoms with van der Waals surface area (Å²) in [6, 6.07) is 17.6. The van der Waals surface area contributed by atoms with Crippen LogP contribution in [-0.2, 0) is 11.3 Å². The zero-order valence-electron chi connectivity index (χ0n) is 12.7. The van der Waals surface area contributed by atoms with Gasteiger partial charge in [0.2, 0.25) is 5.91 Å². The molecule has 0 saturated heterocycles. The fourth-order valence-electron chi connectivity index (χ4n) is 1.99. The van der Waals surface area contributed by atoms with Crippen LogP contribution in [0, 0.1) is 6.92 Å². The minimum Gasteiger partial charge on any atom is -0.388 e. The molecule has 0 fully saturated rings. The number of nitrogens with one attached hydrogen (secondary N) is 1. The Kier molecular flexibility index (Phi) is 6.49. The number of carbonyl (C=O) groups excluding carboxylic acids is 1. The van der Waals surface area contributed by atoms with Crippen molar-refractivity contribution in [2.45, 2.75) is 19.6 Å². The normalized spacial score (nSPS) is 11.9. The van der Waals surface area contributed by atoms with E-state index in [-0.39, 0.29) is 5.91 Å². The van der Waals surface area contributed by atoms with E-state index in [9.17, 15) is 9.90 Å². The quantitative estimate of drug-likeness (QED) is 0.825. The van der Waals surface area contributed by atoms with Gasteiger partial charge < -0.3 is 10.4 Å². The second kappa shape index (κ2) is 8.61. The highest BCUT2D eigenvalue weighted by Gasteiger charge is 2.08. The first-order valence-electron chi connectivity index (χ1n) is 7.28. The van der Waals surface area contributed by atoms with Gasteiger partial charge in [0.15, 0.2) is 0 Å². The summed E-state index contributed by atoms with van der Waals surface area (Å²) in [6.45, 7) is 2.58. The summed E-state index contributed by atoms with van der Waals surface area (Å²) >= 11 is 1.44. The molecule has 0 aliphatic carbocycles. The van der Waals surface area contributed by atoms with Gasteiger partial charge in [-0.3, -0.25) is 4.79 Å². The van der Waals surface area contributed by atoms with E-state index >= 15 is 0 Å². The van der Waals surface area contributed by atoms with Crippen LogP contribution in [0.5, 0.6) is 0 Å². The average molecular weight is 315 g/mol. The lowest BCUT2D eigenvalue weighted by Gasteiger charge is -2.10. The summed E-state index contributed by atoms with van der Waals surface area (Å²) in [4.78, 5) is 11.8. The molecule has 1 atom stereocenters. The second-order valence-electron chi connectivity index (χ2n) is 5.20. The number of thioether (sulfide) groups is 1. The van der Waals surface area contributed by atoms with E-state index in [1.54, 1.807) is 0 Å². The lowest BCUT2D eigenvalue weighted by Crippen LogP contribution is -2.25. The summed E-state index contributed by atoms with van der Waals surface area (Å²) in [5.74, 6) is 0.864. The summed E-state index contributed by atoms with van der Waals surface area (Å²) in [5.41, 5.74) is 3.18. The van der Waals surface area contributed by atoms with Crippen LogP contribution in [0.2, 0.25) is 0 Å². The Hall–Kier alpha value is -1.78. The van der Waals surface area contributed by atoms with Crippen molar-refractivity contribution < 1.29 is 9.90 Å². The number of aliphatic hydroxyl groups excluding tert-OH is 1. The van der Waals surface area contributed by atoms with Crippen LogP contribution in [0.1, 0.15) is 22.8 Å². The summed E-state index contributed by atoms with van der Waals surface area (Å²) in [7, 11) is 0. The van der Waals surface area contributed by atoms with Gasteiger partial charge in [0.25, 0.3) is 0 Å². The minimum absolute atomic E-state index is 0.00848. The Balaban J connectivity index is 1.66. The van der Waals surface area contributed by atoms with E-state index < -0.39 is 6.10 Å². The predicted molar refractivity (Wildman–Crippen MR) is 91.8 cm³/mol. The molecule has 1 unspecified atom stereocenters. The zero-order chi connectivity index (χ0) is 15.8. The number of benzene rings is 2. The third-order valence-electron chi connectivity index (χ3n) is 3.30. The monoisotopic (exact) mass is 315 g/mol. The summed E-state index contributed by atoms with van der Waals surface area (Å²) in [5, 5.41) is 12.9. The molecule has 2 rings (SSSR count). The van der Waals surface area contributed by atoms with Crippen LogP contribution in [0.4, 0.5) is 0 Å². The lowest BCUT2D eigenvalue weighted by atomic mass is 10.1. The number of amides is 1. The Morgan fingerprint density at radius 2 is 1.82 bits per heavy atom. The maximum absolute atomic E-state index is 11.8. The van der Waals surface area contributed by atoms with Crippen molar-refractivity contribution in [2.75, 3.05) is 11.5 Å². The zero-order valence-corrected chi connectivity index (χ0v) is 13.5. The molecule has 116 valence electrons. The first kappa shape index (κ1) is 16.6. The van der Waals surface area contributed by atoms with Crippen molar-refractivity contribution in [3.05, 3.63) is 71.3 Å². The highest BCUT2D eigenvalue weighted by molar-refractivity contribution is 7.99. The van der Waals surface area contributed by atoms with Crippen LogP contribution in [-0.4, -0.2) is 22.5 Å². The molecule has 22 heavy (non-hydrogen) atoms. The fourth-order valence-corrected chi connectivity index (χ4v) is 2.81. The molecule has 0 heterocycles. The van der Waals surface area contributed by atoms with Gasteiger partial charge >= 0.3 is 0 Å². The molecule has 0 aliphatic heterocycles. The predicted octanol–water partition coefficient (Wildman–Crippen LogP) is 3.08. The molecule has 0 spiro atoms. The van der Waals surface area contributed by atoms with Crippen molar-refractivity contribution in [3.8, 4) is 0 Å². The van der Waals surface area contributed by atoms with Crippen molar-refractivity contribution >= 4 is 17.7 Å². The van der Waals surface area contributed by atoms with Gasteiger partial charge in [-0.1, -0.05) is 60.2 Å². The number of aliphatic hydroxyl groups is 1. The summed E-state index contributed by atoms with van der Waals surface area (Å²) < 4.78 is 0. The maximum Gasteiger partial charge on any atom is 0.230 e. The lowest BCUT2D eigenvalue weighted by molar-refractivity contribution is -0.118. The number of aryl methyl sites for hydroxylation is 1. The Labute approximate surface area is 135 Å². The molecule has 0 saturated carbocycles. The molecule has 2 aromatic rings. The number of rotatable bonds is 7. The fraction of sp³-hybridized carbons (Fsp3) is 0.278. The highest BCUT2D eigenvalue weighted by Crippen LogP contribution is 2.17. The van der Waals surface area contributed by atoms with Gasteiger partial charge in [0.05, 0.1) is 11.9 Å². The number of hydrogen-bond acceptors (Lipinski definition) is 3. The molecule has 1 amide bonds. The molecule has 4 heteroatoms. The molecular weight excluding hydrogens is 294 g/mol. The molecule has 0 aromatic heterocycles. The van der Waals surface area contributed by atoms with Gasteiger partial charge in [0.1, 0.15) is 0 Å². The van der Waals surface area contributed by atoms with E-state index in [1.807, 2.05) is 61.5 Å². The van der Waals surface area contributed by atoms with Crippen molar-refractivity contribution in [2.24, 2.45) is 0 Å². The van der Waals surface area contributed by atoms with Crippen LogP contribution < -0.4 is 5.32 Å². The van der Waals surface area contributed by atoms with E-state index in [1.165, 1.54) is 17.3 Å². The Bertz CT molecular complexity index is 584. The van der Waals surface area contributed by atoms with Crippen LogP contribution in [0.15, 0.2) is 54.6 Å².